The van der Waals surface area contributed by atoms with Crippen LogP contribution < -0.4 is 10.6 Å². The first kappa shape index (κ1) is 26.0. The molecule has 9 nitrogen and oxygen atoms in total. The van der Waals surface area contributed by atoms with Gasteiger partial charge in [0.25, 0.3) is 0 Å². The molecule has 0 fully saturated rings. The Bertz CT molecular complexity index is 1190. The Hall–Kier alpha value is -3.62. The number of guanidine groups is 1. The van der Waals surface area contributed by atoms with E-state index < -0.39 is 23.4 Å². The second-order valence-electron chi connectivity index (χ2n) is 10.3. The first-order valence-electron chi connectivity index (χ1n) is 11.8. The highest BCUT2D eigenvalue weighted by atomic mass is 16.6. The summed E-state index contributed by atoms with van der Waals surface area (Å²) in [5.41, 5.74) is 1.78. The van der Waals surface area contributed by atoms with Gasteiger partial charge in [0.2, 0.25) is 5.96 Å². The van der Waals surface area contributed by atoms with Gasteiger partial charge in [-0.05, 0) is 72.9 Å². The van der Waals surface area contributed by atoms with Crippen molar-refractivity contribution in [2.24, 2.45) is 4.99 Å². The van der Waals surface area contributed by atoms with Gasteiger partial charge in [0.1, 0.15) is 11.2 Å². The van der Waals surface area contributed by atoms with E-state index in [1.165, 1.54) is 5.39 Å². The first-order valence-corrected chi connectivity index (χ1v) is 11.8. The number of ether oxygens (including phenoxy) is 2. The highest BCUT2D eigenvalue weighted by Gasteiger charge is 2.21. The molecule has 3 aromatic rings. The Morgan fingerprint density at radius 3 is 2.17 bits per heavy atom. The molecule has 0 spiro atoms. The molecule has 0 saturated heterocycles. The van der Waals surface area contributed by atoms with Gasteiger partial charge in [-0.25, -0.2) is 9.59 Å². The number of aromatic nitrogens is 2. The number of benzene rings is 1. The third-order valence-electron chi connectivity index (χ3n) is 4.84. The highest BCUT2D eigenvalue weighted by Crippen LogP contribution is 2.27. The quantitative estimate of drug-likeness (QED) is 0.255. The van der Waals surface area contributed by atoms with Crippen LogP contribution in [0.5, 0.6) is 0 Å². The number of alkyl carbamates (subject to hydrolysis) is 2. The number of hydrogen-bond donors (Lipinski definition) is 3. The molecule has 2 aromatic heterocycles. The van der Waals surface area contributed by atoms with Crippen LogP contribution in [0.3, 0.4) is 0 Å². The van der Waals surface area contributed by atoms with E-state index in [9.17, 15) is 9.59 Å². The number of nitrogens with one attached hydrogen (secondary N) is 3. The largest absolute Gasteiger partial charge is 0.444 e. The second kappa shape index (κ2) is 10.8. The molecule has 0 aliphatic heterocycles. The van der Waals surface area contributed by atoms with E-state index in [4.69, 9.17) is 9.47 Å². The molecule has 1 aromatic carbocycles. The van der Waals surface area contributed by atoms with Crippen LogP contribution in [0.4, 0.5) is 9.59 Å². The highest BCUT2D eigenvalue weighted by molar-refractivity contribution is 6.07. The fourth-order valence-corrected chi connectivity index (χ4v) is 3.53. The summed E-state index contributed by atoms with van der Waals surface area (Å²) in [5, 5.41) is 7.34. The van der Waals surface area contributed by atoms with Crippen LogP contribution in [-0.2, 0) is 15.9 Å². The Balaban J connectivity index is 1.62. The fourth-order valence-electron chi connectivity index (χ4n) is 3.53. The summed E-state index contributed by atoms with van der Waals surface area (Å²) in [6, 6.07) is 10.2. The molecule has 0 unspecified atom stereocenters. The van der Waals surface area contributed by atoms with Crippen molar-refractivity contribution in [1.82, 2.24) is 20.6 Å². The minimum absolute atomic E-state index is 0.00987. The SMILES string of the molecule is CC(C)(C)OC(=O)NC(=NCCCCc1nccc2c1[nH]c1ccccc12)NC(=O)OC(C)(C)C. The van der Waals surface area contributed by atoms with Gasteiger partial charge in [-0.3, -0.25) is 20.6 Å². The Kier molecular flexibility index (Phi) is 7.99. The molecule has 0 radical (unpaired) electrons. The molecule has 3 N–H and O–H groups in total. The predicted molar refractivity (Wildman–Crippen MR) is 138 cm³/mol. The summed E-state index contributed by atoms with van der Waals surface area (Å²) in [7, 11) is 0. The lowest BCUT2D eigenvalue weighted by atomic mass is 10.1. The number of aromatic amines is 1. The van der Waals surface area contributed by atoms with E-state index in [-0.39, 0.29) is 5.96 Å². The smallest absolute Gasteiger partial charge is 0.414 e. The molecule has 2 amide bonds. The third-order valence-corrected chi connectivity index (χ3v) is 4.84. The molecule has 188 valence electrons. The molecule has 0 aliphatic rings. The van der Waals surface area contributed by atoms with E-state index >= 15 is 0 Å². The van der Waals surface area contributed by atoms with Crippen molar-refractivity contribution in [1.29, 1.82) is 0 Å². The van der Waals surface area contributed by atoms with Gasteiger partial charge in [-0.1, -0.05) is 18.2 Å². The second-order valence-corrected chi connectivity index (χ2v) is 10.3. The monoisotopic (exact) mass is 481 g/mol. The summed E-state index contributed by atoms with van der Waals surface area (Å²) < 4.78 is 10.5. The van der Waals surface area contributed by atoms with Crippen LogP contribution in [0, 0.1) is 0 Å². The predicted octanol–water partition coefficient (Wildman–Crippen LogP) is 5.44. The van der Waals surface area contributed by atoms with Crippen molar-refractivity contribution in [3.63, 3.8) is 0 Å². The lowest BCUT2D eigenvalue weighted by Gasteiger charge is -2.22. The van der Waals surface area contributed by atoms with Gasteiger partial charge in [-0.2, -0.15) is 0 Å². The van der Waals surface area contributed by atoms with E-state index in [0.29, 0.717) is 6.54 Å². The zero-order valence-corrected chi connectivity index (χ0v) is 21.3. The Morgan fingerprint density at radius 2 is 1.54 bits per heavy atom. The molecule has 3 rings (SSSR count). The van der Waals surface area contributed by atoms with Crippen LogP contribution in [0.1, 0.15) is 60.1 Å². The normalized spacial score (nSPS) is 11.8. The minimum atomic E-state index is -0.706. The number of H-pyrrole nitrogens is 1. The fraction of sp³-hybridized carbons (Fsp3) is 0.462. The standard InChI is InChI=1S/C26H35N5O4/c1-25(2,3)34-23(32)30-22(31-24(33)35-26(4,5)6)28-15-10-9-13-20-21-18(14-16-27-20)17-11-7-8-12-19(17)29-21/h7-8,11-12,14,16,29H,9-10,13,15H2,1-6H3,(H2,28,30,31,32,33). The Labute approximate surface area is 205 Å². The van der Waals surface area contributed by atoms with Gasteiger partial charge < -0.3 is 14.5 Å². The third kappa shape index (κ3) is 7.98. The minimum Gasteiger partial charge on any atom is -0.444 e. The van der Waals surface area contributed by atoms with Crippen molar-refractivity contribution < 1.29 is 19.1 Å². The van der Waals surface area contributed by atoms with Crippen molar-refractivity contribution in [3.8, 4) is 0 Å². The number of para-hydroxylation sites is 1. The molecule has 0 saturated carbocycles. The van der Waals surface area contributed by atoms with E-state index in [1.54, 1.807) is 41.5 Å². The first-order chi connectivity index (χ1) is 16.4. The number of aryl methyl sites for hydroxylation is 1. The average Bonchev–Trinajstić information content (AvgIpc) is 3.10. The number of fused-ring (bicyclic) bond motifs is 3. The number of carbonyl (C=O) groups is 2. The molecule has 0 bridgehead atoms. The van der Waals surface area contributed by atoms with Gasteiger partial charge in [-0.15, -0.1) is 0 Å². The van der Waals surface area contributed by atoms with Gasteiger partial charge in [0.15, 0.2) is 0 Å². The van der Waals surface area contributed by atoms with E-state index in [0.717, 1.165) is 41.4 Å². The molecular formula is C26H35N5O4. The molecule has 0 aliphatic carbocycles. The Morgan fingerprint density at radius 1 is 0.914 bits per heavy atom. The maximum Gasteiger partial charge on any atom is 0.414 e. The van der Waals surface area contributed by atoms with Crippen LogP contribution >= 0.6 is 0 Å². The van der Waals surface area contributed by atoms with Crippen LogP contribution in [0.25, 0.3) is 21.8 Å². The van der Waals surface area contributed by atoms with Gasteiger partial charge in [0.05, 0.1) is 11.2 Å². The zero-order chi connectivity index (χ0) is 25.6. The molecule has 2 heterocycles. The number of carbonyl (C=O) groups excluding carboxylic acids is 2. The molecular weight excluding hydrogens is 446 g/mol. The number of amides is 2. The average molecular weight is 482 g/mol. The van der Waals surface area contributed by atoms with E-state index in [1.807, 2.05) is 24.4 Å². The lowest BCUT2D eigenvalue weighted by molar-refractivity contribution is 0.0545. The van der Waals surface area contributed by atoms with Crippen molar-refractivity contribution in [2.75, 3.05) is 6.54 Å². The molecule has 9 heteroatoms. The molecule has 35 heavy (non-hydrogen) atoms. The van der Waals surface area contributed by atoms with E-state index in [2.05, 4.69) is 37.7 Å². The van der Waals surface area contributed by atoms with Crippen molar-refractivity contribution >= 4 is 40.0 Å². The topological polar surface area (TPSA) is 118 Å². The van der Waals surface area contributed by atoms with Crippen molar-refractivity contribution in [2.45, 2.75) is 72.0 Å². The van der Waals surface area contributed by atoms with Crippen LogP contribution in [-0.4, -0.2) is 45.9 Å². The van der Waals surface area contributed by atoms with Gasteiger partial charge >= 0.3 is 12.2 Å². The van der Waals surface area contributed by atoms with Crippen LogP contribution in [0.15, 0.2) is 41.5 Å². The maximum absolute atomic E-state index is 12.2. The lowest BCUT2D eigenvalue weighted by Crippen LogP contribution is -2.47. The maximum atomic E-state index is 12.2. The van der Waals surface area contributed by atoms with Gasteiger partial charge in [0, 0.05) is 29.0 Å². The summed E-state index contributed by atoms with van der Waals surface area (Å²) in [5.74, 6) is -0.00987. The number of rotatable bonds is 5. The van der Waals surface area contributed by atoms with Crippen LogP contribution in [0.2, 0.25) is 0 Å². The summed E-state index contributed by atoms with van der Waals surface area (Å²) >= 11 is 0. The number of unbranched alkanes of at least 4 members (excludes halogenated alkanes) is 1. The zero-order valence-electron chi connectivity index (χ0n) is 21.3. The summed E-state index contributed by atoms with van der Waals surface area (Å²) in [6.45, 7) is 10.9. The number of nitrogens with zero attached hydrogens (tertiary/aromatic N) is 2. The number of pyridine rings is 1. The molecule has 0 atom stereocenters. The summed E-state index contributed by atoms with van der Waals surface area (Å²) in [6.07, 6.45) is 2.76. The number of hydrogen-bond acceptors (Lipinski definition) is 6. The summed E-state index contributed by atoms with van der Waals surface area (Å²) in [4.78, 5) is 36.8. The number of aliphatic imine (C=N–C) groups is 1. The van der Waals surface area contributed by atoms with Crippen molar-refractivity contribution in [3.05, 3.63) is 42.2 Å².